The van der Waals surface area contributed by atoms with Crippen LogP contribution in [0, 0.1) is 11.3 Å². The fourth-order valence-electron chi connectivity index (χ4n) is 3.42. The minimum Gasteiger partial charge on any atom is -0.497 e. The minimum absolute atomic E-state index is 0.107. The lowest BCUT2D eigenvalue weighted by Gasteiger charge is -2.33. The lowest BCUT2D eigenvalue weighted by Crippen LogP contribution is -2.39. The summed E-state index contributed by atoms with van der Waals surface area (Å²) in [6.07, 6.45) is 1.26. The highest BCUT2D eigenvalue weighted by molar-refractivity contribution is 5.31. The van der Waals surface area contributed by atoms with Crippen LogP contribution in [0.1, 0.15) is 45.7 Å². The summed E-state index contributed by atoms with van der Waals surface area (Å²) >= 11 is 0. The highest BCUT2D eigenvalue weighted by Crippen LogP contribution is 2.38. The summed E-state index contributed by atoms with van der Waals surface area (Å²) in [7, 11) is 1.71. The van der Waals surface area contributed by atoms with Crippen molar-refractivity contribution in [2.75, 3.05) is 20.2 Å². The van der Waals surface area contributed by atoms with E-state index >= 15 is 0 Å². The Balaban J connectivity index is 2.20. The third-order valence-electron chi connectivity index (χ3n) is 4.77. The van der Waals surface area contributed by atoms with E-state index in [-0.39, 0.29) is 12.1 Å². The van der Waals surface area contributed by atoms with Gasteiger partial charge in [0.1, 0.15) is 5.75 Å². The van der Waals surface area contributed by atoms with Gasteiger partial charge in [0.2, 0.25) is 0 Å². The summed E-state index contributed by atoms with van der Waals surface area (Å²) in [4.78, 5) is 2.55. The number of hydrogen-bond donors (Lipinski definition) is 1. The molecule has 0 saturated carbocycles. The maximum absolute atomic E-state index is 6.31. The van der Waals surface area contributed by atoms with E-state index in [9.17, 15) is 0 Å². The van der Waals surface area contributed by atoms with Crippen molar-refractivity contribution >= 4 is 0 Å². The Kier molecular flexibility index (Phi) is 4.95. The number of benzene rings is 1. The molecule has 3 unspecified atom stereocenters. The molecule has 3 atom stereocenters. The number of methoxy groups -OCH3 is 1. The van der Waals surface area contributed by atoms with Crippen molar-refractivity contribution in [1.82, 2.24) is 4.90 Å². The molecule has 0 aromatic heterocycles. The molecule has 1 aliphatic rings. The van der Waals surface area contributed by atoms with Crippen molar-refractivity contribution in [3.63, 3.8) is 0 Å². The predicted molar refractivity (Wildman–Crippen MR) is 88.5 cm³/mol. The molecule has 0 aliphatic carbocycles. The molecule has 118 valence electrons. The number of nitrogens with zero attached hydrogens (tertiary/aromatic N) is 1. The molecular weight excluding hydrogens is 260 g/mol. The Morgan fingerprint density at radius 1 is 1.33 bits per heavy atom. The van der Waals surface area contributed by atoms with Crippen molar-refractivity contribution < 1.29 is 4.74 Å². The molecule has 1 saturated heterocycles. The van der Waals surface area contributed by atoms with Crippen molar-refractivity contribution in [3.8, 4) is 5.75 Å². The Hall–Kier alpha value is -1.06. The molecule has 2 N–H and O–H groups in total. The Bertz CT molecular complexity index is 465. The van der Waals surface area contributed by atoms with Crippen LogP contribution < -0.4 is 10.5 Å². The SMILES string of the molecule is COc1cccc(C(C(C)N)N2CCC(C(C)(C)C)C2)c1. The van der Waals surface area contributed by atoms with Gasteiger partial charge in [0.15, 0.2) is 0 Å². The zero-order valence-electron chi connectivity index (χ0n) is 14.1. The summed E-state index contributed by atoms with van der Waals surface area (Å²) < 4.78 is 5.36. The first-order chi connectivity index (χ1) is 9.82. The van der Waals surface area contributed by atoms with Crippen molar-refractivity contribution in [2.24, 2.45) is 17.1 Å². The van der Waals surface area contributed by atoms with E-state index in [2.05, 4.69) is 50.8 Å². The van der Waals surface area contributed by atoms with E-state index in [1.807, 2.05) is 6.07 Å². The molecule has 21 heavy (non-hydrogen) atoms. The molecule has 0 amide bonds. The van der Waals surface area contributed by atoms with Gasteiger partial charge in [-0.15, -0.1) is 0 Å². The molecular formula is C18H30N2O. The highest BCUT2D eigenvalue weighted by atomic mass is 16.5. The second-order valence-electron chi connectivity index (χ2n) is 7.43. The molecule has 2 rings (SSSR count). The molecule has 0 bridgehead atoms. The maximum Gasteiger partial charge on any atom is 0.119 e. The first-order valence-corrected chi connectivity index (χ1v) is 7.96. The fraction of sp³-hybridized carbons (Fsp3) is 0.667. The Labute approximate surface area is 129 Å². The smallest absolute Gasteiger partial charge is 0.119 e. The summed E-state index contributed by atoms with van der Waals surface area (Å²) in [6.45, 7) is 11.4. The van der Waals surface area contributed by atoms with Gasteiger partial charge in [-0.25, -0.2) is 0 Å². The molecule has 3 nitrogen and oxygen atoms in total. The van der Waals surface area contributed by atoms with Crippen LogP contribution in [0.4, 0.5) is 0 Å². The summed E-state index contributed by atoms with van der Waals surface area (Å²) in [6, 6.07) is 8.72. The zero-order chi connectivity index (χ0) is 15.6. The second kappa shape index (κ2) is 6.37. The van der Waals surface area contributed by atoms with Crippen LogP contribution in [0.15, 0.2) is 24.3 Å². The third kappa shape index (κ3) is 3.78. The number of likely N-dealkylation sites (tertiary alicyclic amines) is 1. The van der Waals surface area contributed by atoms with Gasteiger partial charge in [0.05, 0.1) is 7.11 Å². The first kappa shape index (κ1) is 16.3. The van der Waals surface area contributed by atoms with Crippen LogP contribution in [0.25, 0.3) is 0 Å². The van der Waals surface area contributed by atoms with E-state index in [0.717, 1.165) is 24.8 Å². The average Bonchev–Trinajstić information content (AvgIpc) is 2.88. The van der Waals surface area contributed by atoms with Gasteiger partial charge in [-0.05, 0) is 48.9 Å². The monoisotopic (exact) mass is 290 g/mol. The zero-order valence-corrected chi connectivity index (χ0v) is 14.1. The van der Waals surface area contributed by atoms with Gasteiger partial charge in [0.25, 0.3) is 0 Å². The molecule has 0 spiro atoms. The number of ether oxygens (including phenoxy) is 1. The van der Waals surface area contributed by atoms with E-state index in [0.29, 0.717) is 5.41 Å². The lowest BCUT2D eigenvalue weighted by molar-refractivity contribution is 0.180. The molecule has 0 radical (unpaired) electrons. The standard InChI is InChI=1S/C18H30N2O/c1-13(19)17(14-7-6-8-16(11-14)21-5)20-10-9-15(12-20)18(2,3)4/h6-8,11,13,15,17H,9-10,12,19H2,1-5H3. The van der Waals surface area contributed by atoms with E-state index < -0.39 is 0 Å². The molecule has 3 heteroatoms. The van der Waals surface area contributed by atoms with Gasteiger partial charge in [-0.1, -0.05) is 32.9 Å². The second-order valence-corrected chi connectivity index (χ2v) is 7.43. The molecule has 1 aliphatic heterocycles. The van der Waals surface area contributed by atoms with Gasteiger partial charge in [0, 0.05) is 18.6 Å². The van der Waals surface area contributed by atoms with Crippen LogP contribution in [0.5, 0.6) is 5.75 Å². The van der Waals surface area contributed by atoms with Crippen molar-refractivity contribution in [1.29, 1.82) is 0 Å². The Morgan fingerprint density at radius 2 is 2.05 bits per heavy atom. The van der Waals surface area contributed by atoms with Gasteiger partial charge < -0.3 is 10.5 Å². The van der Waals surface area contributed by atoms with Gasteiger partial charge in [-0.3, -0.25) is 4.90 Å². The summed E-state index contributed by atoms with van der Waals surface area (Å²) in [5, 5.41) is 0. The molecule has 1 heterocycles. The quantitative estimate of drug-likeness (QED) is 0.923. The predicted octanol–water partition coefficient (Wildman–Crippen LogP) is 3.45. The average molecular weight is 290 g/mol. The third-order valence-corrected chi connectivity index (χ3v) is 4.77. The first-order valence-electron chi connectivity index (χ1n) is 7.96. The summed E-state index contributed by atoms with van der Waals surface area (Å²) in [5.41, 5.74) is 7.94. The normalized spacial score (nSPS) is 23.0. The molecule has 1 fully saturated rings. The molecule has 1 aromatic carbocycles. The van der Waals surface area contributed by atoms with Crippen molar-refractivity contribution in [3.05, 3.63) is 29.8 Å². The number of hydrogen-bond acceptors (Lipinski definition) is 3. The minimum atomic E-state index is 0.107. The van der Waals surface area contributed by atoms with Gasteiger partial charge in [-0.2, -0.15) is 0 Å². The molecule has 1 aromatic rings. The van der Waals surface area contributed by atoms with E-state index in [1.165, 1.54) is 12.0 Å². The topological polar surface area (TPSA) is 38.5 Å². The van der Waals surface area contributed by atoms with Crippen molar-refractivity contribution in [2.45, 2.75) is 46.2 Å². The van der Waals surface area contributed by atoms with Gasteiger partial charge >= 0.3 is 0 Å². The number of rotatable bonds is 4. The largest absolute Gasteiger partial charge is 0.497 e. The maximum atomic E-state index is 6.31. The summed E-state index contributed by atoms with van der Waals surface area (Å²) in [5.74, 6) is 1.65. The van der Waals surface area contributed by atoms with E-state index in [4.69, 9.17) is 10.5 Å². The van der Waals surface area contributed by atoms with Crippen LogP contribution in [-0.4, -0.2) is 31.1 Å². The van der Waals surface area contributed by atoms with Crippen LogP contribution >= 0.6 is 0 Å². The lowest BCUT2D eigenvalue weighted by atomic mass is 9.80. The Morgan fingerprint density at radius 3 is 2.57 bits per heavy atom. The highest BCUT2D eigenvalue weighted by Gasteiger charge is 2.36. The van der Waals surface area contributed by atoms with Crippen LogP contribution in [0.2, 0.25) is 0 Å². The van der Waals surface area contributed by atoms with E-state index in [1.54, 1.807) is 7.11 Å². The van der Waals surface area contributed by atoms with Crippen LogP contribution in [-0.2, 0) is 0 Å². The van der Waals surface area contributed by atoms with Crippen LogP contribution in [0.3, 0.4) is 0 Å². The fourth-order valence-corrected chi connectivity index (χ4v) is 3.42. The number of nitrogens with two attached hydrogens (primary N) is 1.